The zero-order valence-corrected chi connectivity index (χ0v) is 35.3. The van der Waals surface area contributed by atoms with Gasteiger partial charge in [0.15, 0.2) is 18.5 Å². The molecule has 2 fully saturated rings. The number of phosphoric ester groups is 3. The van der Waals surface area contributed by atoms with Crippen molar-refractivity contribution in [2.45, 2.75) is 56.8 Å². The first-order valence-corrected chi connectivity index (χ1v) is 22.9. The third kappa shape index (κ3) is 13.2. The van der Waals surface area contributed by atoms with E-state index in [0.29, 0.717) is 16.7 Å². The summed E-state index contributed by atoms with van der Waals surface area (Å²) in [6, 6.07) is 0. The Labute approximate surface area is 347 Å². The van der Waals surface area contributed by atoms with Crippen LogP contribution in [0.5, 0.6) is 0 Å². The van der Waals surface area contributed by atoms with Gasteiger partial charge >= 0.3 is 40.9 Å². The van der Waals surface area contributed by atoms with Crippen molar-refractivity contribution < 1.29 is 99.7 Å². The summed E-state index contributed by atoms with van der Waals surface area (Å²) >= 11 is 0.688. The number of carbonyl (C=O) groups excluding carboxylic acids is 5. The van der Waals surface area contributed by atoms with Crippen LogP contribution in [0.1, 0.15) is 26.5 Å². The second-order valence-electron chi connectivity index (χ2n) is 13.7. The minimum absolute atomic E-state index is 0.00496. The Balaban J connectivity index is 1.20. The number of ether oxygens (including phenoxy) is 1. The Morgan fingerprint density at radius 2 is 1.79 bits per heavy atom. The molecule has 2 aromatic rings. The van der Waals surface area contributed by atoms with Crippen LogP contribution in [0.3, 0.4) is 0 Å². The Bertz CT molecular complexity index is 2130. The maximum absolute atomic E-state index is 12.7. The van der Waals surface area contributed by atoms with Gasteiger partial charge in [-0.3, -0.25) is 47.4 Å². The molecule has 0 saturated carbocycles. The number of rotatable bonds is 22. The van der Waals surface area contributed by atoms with Gasteiger partial charge < -0.3 is 67.0 Å². The van der Waals surface area contributed by atoms with E-state index in [0.717, 1.165) is 10.9 Å². The predicted molar refractivity (Wildman–Crippen MR) is 200 cm³/mol. The summed E-state index contributed by atoms with van der Waals surface area (Å²) in [4.78, 5) is 111. The number of aromatic nitrogens is 4. The van der Waals surface area contributed by atoms with Crippen molar-refractivity contribution in [2.75, 3.05) is 50.9 Å². The highest BCUT2D eigenvalue weighted by molar-refractivity contribution is 8.13. The number of anilines is 1. The maximum atomic E-state index is 12.7. The van der Waals surface area contributed by atoms with Gasteiger partial charge in [0, 0.05) is 30.7 Å². The molecule has 2 aromatic heterocycles. The summed E-state index contributed by atoms with van der Waals surface area (Å²) < 4.78 is 62.2. The van der Waals surface area contributed by atoms with Crippen molar-refractivity contribution in [3.8, 4) is 0 Å². The fourth-order valence-electron chi connectivity index (χ4n) is 5.48. The zero-order valence-electron chi connectivity index (χ0n) is 31.8. The monoisotopic (exact) mass is 953 g/mol. The third-order valence-corrected chi connectivity index (χ3v) is 12.6. The van der Waals surface area contributed by atoms with Crippen molar-refractivity contribution in [3.05, 3.63) is 12.7 Å². The highest BCUT2D eigenvalue weighted by atomic mass is 32.2. The Morgan fingerprint density at radius 1 is 1.11 bits per heavy atom. The molecule has 2 aliphatic rings. The number of hydrogen-bond acceptors (Lipinski definition) is 21. The van der Waals surface area contributed by atoms with Crippen molar-refractivity contribution in [1.82, 2.24) is 35.8 Å². The normalized spacial score (nSPS) is 24.6. The summed E-state index contributed by atoms with van der Waals surface area (Å²) in [5.41, 5.74) is 9.74. The predicted octanol–water partition coefficient (Wildman–Crippen LogP) is -5.35. The van der Waals surface area contributed by atoms with E-state index in [2.05, 4.69) is 34.4 Å². The smallest absolute Gasteiger partial charge is 0.384 e. The van der Waals surface area contributed by atoms with Gasteiger partial charge in [-0.05, 0) is 0 Å². The lowest BCUT2D eigenvalue weighted by atomic mass is 9.87. The molecule has 30 nitrogen and oxygen atoms in total. The van der Waals surface area contributed by atoms with E-state index in [-0.39, 0.29) is 42.2 Å². The number of nitrogens with zero attached hydrogens (tertiary/aromatic N) is 4. The molecule has 8 atom stereocenters. The zero-order chi connectivity index (χ0) is 45.7. The van der Waals surface area contributed by atoms with Gasteiger partial charge in [0.1, 0.15) is 24.4 Å². The van der Waals surface area contributed by atoms with Crippen LogP contribution in [0.25, 0.3) is 11.2 Å². The molecule has 0 spiro atoms. The summed E-state index contributed by atoms with van der Waals surface area (Å²) in [5.74, 6) is -6.11. The van der Waals surface area contributed by atoms with Crippen LogP contribution in [-0.2, 0) is 60.3 Å². The van der Waals surface area contributed by atoms with E-state index in [4.69, 9.17) is 25.3 Å². The highest BCUT2D eigenvalue weighted by Gasteiger charge is 2.52. The standard InChI is InChI=1S/C27H43N10O20P3S/c1-26(2,19(41)22(42)31-4-3-14(38)30-5-6-61-15(39)7-37-24(44)23(43)35-27(37,45)9-28)10-54-60(51,52)57-59(49,50)53-8-13-18(56-58(46,47)48)17(40)25(55-13)36-12-34-16-20(29)32-11-33-21(16)36/h11-13,17-19,25,40-41,45H,3-10,28H2,1-2H3,(H9,29,30,31,32,33,35,38,42,43,46,47,48,49,50,51,52)/p+1. The molecular weight excluding hydrogens is 909 g/mol. The number of nitrogens with one attached hydrogen (secondary N) is 4. The van der Waals surface area contributed by atoms with Crippen molar-refractivity contribution in [1.29, 1.82) is 0 Å². The molecule has 4 heterocycles. The van der Waals surface area contributed by atoms with E-state index in [1.807, 2.05) is 5.32 Å². The molecule has 61 heavy (non-hydrogen) atoms. The average molecular weight is 954 g/mol. The lowest BCUT2D eigenvalue weighted by Gasteiger charge is -2.30. The molecule has 4 amide bonds. The van der Waals surface area contributed by atoms with Gasteiger partial charge in [-0.2, -0.15) is 9.29 Å². The highest BCUT2D eigenvalue weighted by Crippen LogP contribution is 2.61. The first-order chi connectivity index (χ1) is 28.2. The van der Waals surface area contributed by atoms with Crippen LogP contribution in [0.15, 0.2) is 12.7 Å². The lowest BCUT2D eigenvalue weighted by molar-refractivity contribution is -0.745. The molecule has 8 unspecified atom stereocenters. The fourth-order valence-corrected chi connectivity index (χ4v) is 8.96. The fraction of sp³-hybridized carbons (Fsp3) is 0.630. The van der Waals surface area contributed by atoms with Crippen molar-refractivity contribution in [3.63, 3.8) is 0 Å². The largest absolute Gasteiger partial charge is 0.481 e. The van der Waals surface area contributed by atoms with Crippen molar-refractivity contribution in [2.24, 2.45) is 11.1 Å². The summed E-state index contributed by atoms with van der Waals surface area (Å²) in [6.07, 6.45) is -7.04. The van der Waals surface area contributed by atoms with Crippen molar-refractivity contribution >= 4 is 81.0 Å². The van der Waals surface area contributed by atoms with E-state index in [1.54, 1.807) is 0 Å². The number of aromatic amines is 1. The van der Waals surface area contributed by atoms with Crippen LogP contribution in [0.2, 0.25) is 0 Å². The molecule has 0 radical (unpaired) electrons. The Hall–Kier alpha value is -3.58. The van der Waals surface area contributed by atoms with Crippen LogP contribution in [0, 0.1) is 5.41 Å². The molecule has 0 aromatic carbocycles. The first-order valence-electron chi connectivity index (χ1n) is 17.4. The van der Waals surface area contributed by atoms with E-state index >= 15 is 0 Å². The molecule has 342 valence electrons. The number of fused-ring (bicyclic) bond motifs is 1. The number of thioether (sulfide) groups is 1. The van der Waals surface area contributed by atoms with E-state index in [9.17, 15) is 72.6 Å². The van der Waals surface area contributed by atoms with Gasteiger partial charge in [-0.1, -0.05) is 30.6 Å². The number of nitrogens with two attached hydrogens (primary N) is 2. The van der Waals surface area contributed by atoms with Gasteiger partial charge in [0.2, 0.25) is 34.5 Å². The van der Waals surface area contributed by atoms with Gasteiger partial charge in [-0.25, -0.2) is 18.3 Å². The number of H-pyrrole nitrogens is 1. The van der Waals surface area contributed by atoms with Gasteiger partial charge in [0.05, 0.1) is 26.3 Å². The number of phosphoric acid groups is 3. The SMILES string of the molecule is CC(C)(COP(=O)(O)OP(=O)(O)OCC1OC([n+]2c[nH]c3c(N)ncnc32)C(O)C1OP(=O)(O)O)C(O)C(=O)NCCC(=O)NCCSC(=O)CN1C(=O)C(=O)NC1(O)CN. The number of nitrogen functional groups attached to an aromatic ring is 1. The average Bonchev–Trinajstić information content (AvgIpc) is 3.79. The molecule has 2 aliphatic heterocycles. The number of hydrogen-bond donors (Lipinski definition) is 13. The molecule has 15 N–H and O–H groups in total. The van der Waals surface area contributed by atoms with Gasteiger partial charge in [-0.15, -0.1) is 0 Å². The Kier molecular flexibility index (Phi) is 16.3. The molecular formula is C27H44N10O20P3S+. The summed E-state index contributed by atoms with van der Waals surface area (Å²) in [7, 11) is -16.5. The van der Waals surface area contributed by atoms with E-state index in [1.165, 1.54) is 20.2 Å². The molecule has 34 heteroatoms. The molecule has 0 bridgehead atoms. The second kappa shape index (κ2) is 19.9. The van der Waals surface area contributed by atoms with Crippen LogP contribution >= 0.6 is 35.2 Å². The number of aliphatic hydroxyl groups is 3. The molecule has 2 saturated heterocycles. The quantitative estimate of drug-likeness (QED) is 0.0227. The van der Waals surface area contributed by atoms with E-state index < -0.39 is 120 Å². The topological polar surface area (TPSA) is 461 Å². The first kappa shape index (κ1) is 50.1. The number of amides is 4. The van der Waals surface area contributed by atoms with Crippen LogP contribution in [-0.4, -0.2) is 159 Å². The number of imidazole rings is 1. The molecule has 0 aliphatic carbocycles. The number of carbonyl (C=O) groups is 5. The lowest BCUT2D eigenvalue weighted by Crippen LogP contribution is -2.58. The second-order valence-corrected chi connectivity index (χ2v) is 19.1. The number of aliphatic hydroxyl groups excluding tert-OH is 2. The minimum atomic E-state index is -5.61. The van der Waals surface area contributed by atoms with Crippen LogP contribution in [0.4, 0.5) is 5.82 Å². The third-order valence-electron chi connectivity index (χ3n) is 8.60. The van der Waals surface area contributed by atoms with Gasteiger partial charge in [0.25, 0.3) is 0 Å². The summed E-state index contributed by atoms with van der Waals surface area (Å²) in [6.45, 7) is -1.25. The maximum Gasteiger partial charge on any atom is 0.481 e. The molecule has 4 rings (SSSR count). The van der Waals surface area contributed by atoms with Crippen LogP contribution < -0.4 is 32.0 Å². The summed E-state index contributed by atoms with van der Waals surface area (Å²) in [5, 5.41) is 37.8. The Morgan fingerprint density at radius 3 is 2.44 bits per heavy atom. The minimum Gasteiger partial charge on any atom is -0.384 e.